The van der Waals surface area contributed by atoms with Gasteiger partial charge in [0.25, 0.3) is 0 Å². The summed E-state index contributed by atoms with van der Waals surface area (Å²) in [7, 11) is 0. The van der Waals surface area contributed by atoms with Crippen molar-refractivity contribution in [3.8, 4) is 5.75 Å². The number of hydrogen-bond acceptors (Lipinski definition) is 1. The van der Waals surface area contributed by atoms with Crippen LogP contribution in [-0.4, -0.2) is 0 Å². The summed E-state index contributed by atoms with van der Waals surface area (Å²) in [5.74, 6) is 1.05. The summed E-state index contributed by atoms with van der Waals surface area (Å²) in [6.45, 7) is 6.77. The van der Waals surface area contributed by atoms with Crippen LogP contribution in [-0.2, 0) is 11.8 Å². The van der Waals surface area contributed by atoms with Gasteiger partial charge in [-0.1, -0.05) is 63.2 Å². The van der Waals surface area contributed by atoms with E-state index in [1.165, 1.54) is 16.7 Å². The molecule has 0 spiro atoms. The van der Waals surface area contributed by atoms with Crippen molar-refractivity contribution in [1.29, 1.82) is 0 Å². The average Bonchev–Trinajstić information content (AvgIpc) is 2.46. The summed E-state index contributed by atoms with van der Waals surface area (Å²) < 4.78 is 6.19. The normalized spacial score (nSPS) is 18.2. The highest BCUT2D eigenvalue weighted by atomic mass is 16.5. The molecule has 3 rings (SSSR count). The number of rotatable bonds is 1. The second-order valence-corrected chi connectivity index (χ2v) is 6.63. The minimum Gasteiger partial charge on any atom is -0.485 e. The predicted molar refractivity (Wildman–Crippen MR) is 83.3 cm³/mol. The molecule has 1 heterocycles. The first-order valence-corrected chi connectivity index (χ1v) is 7.39. The lowest BCUT2D eigenvalue weighted by atomic mass is 9.85. The summed E-state index contributed by atoms with van der Waals surface area (Å²) in [5, 5.41) is 0. The maximum absolute atomic E-state index is 6.19. The zero-order valence-electron chi connectivity index (χ0n) is 12.5. The molecule has 0 aliphatic carbocycles. The fraction of sp³-hybridized carbons (Fsp3) is 0.368. The second kappa shape index (κ2) is 4.97. The van der Waals surface area contributed by atoms with Gasteiger partial charge in [0.05, 0.1) is 0 Å². The molecule has 1 nitrogen and oxygen atoms in total. The molecule has 0 fully saturated rings. The Hall–Kier alpha value is -1.76. The highest BCUT2D eigenvalue weighted by Gasteiger charge is 2.23. The minimum absolute atomic E-state index is 0.198. The maximum atomic E-state index is 6.19. The first kappa shape index (κ1) is 13.2. The zero-order chi connectivity index (χ0) is 14.2. The van der Waals surface area contributed by atoms with E-state index < -0.39 is 0 Å². The van der Waals surface area contributed by atoms with E-state index in [0.717, 1.165) is 18.6 Å². The van der Waals surface area contributed by atoms with Crippen LogP contribution in [0.4, 0.5) is 0 Å². The van der Waals surface area contributed by atoms with Gasteiger partial charge in [-0.25, -0.2) is 0 Å². The summed E-state index contributed by atoms with van der Waals surface area (Å²) in [5.41, 5.74) is 4.21. The third kappa shape index (κ3) is 2.58. The van der Waals surface area contributed by atoms with E-state index in [0.29, 0.717) is 0 Å². The van der Waals surface area contributed by atoms with Crippen LogP contribution in [0.25, 0.3) is 0 Å². The number of aryl methyl sites for hydroxylation is 1. The Bertz CT molecular complexity index is 593. The Balaban J connectivity index is 1.86. The molecular weight excluding hydrogens is 244 g/mol. The van der Waals surface area contributed by atoms with E-state index >= 15 is 0 Å². The van der Waals surface area contributed by atoms with Crippen LogP contribution in [0.15, 0.2) is 48.5 Å². The Morgan fingerprint density at radius 3 is 2.45 bits per heavy atom. The van der Waals surface area contributed by atoms with Crippen molar-refractivity contribution >= 4 is 0 Å². The highest BCUT2D eigenvalue weighted by molar-refractivity contribution is 5.41. The van der Waals surface area contributed by atoms with Crippen molar-refractivity contribution in [3.05, 3.63) is 65.2 Å². The molecule has 0 radical (unpaired) electrons. The molecule has 1 atom stereocenters. The summed E-state index contributed by atoms with van der Waals surface area (Å²) in [4.78, 5) is 0. The van der Waals surface area contributed by atoms with Gasteiger partial charge in [-0.15, -0.1) is 0 Å². The second-order valence-electron chi connectivity index (χ2n) is 6.63. The van der Waals surface area contributed by atoms with E-state index in [-0.39, 0.29) is 11.5 Å². The van der Waals surface area contributed by atoms with Crippen LogP contribution in [0.1, 0.15) is 50.0 Å². The molecule has 0 N–H and O–H groups in total. The Morgan fingerprint density at radius 2 is 1.75 bits per heavy atom. The van der Waals surface area contributed by atoms with Crippen LogP contribution in [0.5, 0.6) is 5.75 Å². The molecule has 0 amide bonds. The first-order chi connectivity index (χ1) is 9.54. The van der Waals surface area contributed by atoms with E-state index in [1.807, 2.05) is 0 Å². The highest BCUT2D eigenvalue weighted by Crippen LogP contribution is 2.37. The fourth-order valence-electron chi connectivity index (χ4n) is 2.76. The van der Waals surface area contributed by atoms with Crippen LogP contribution in [0, 0.1) is 0 Å². The SMILES string of the molecule is CC(C)(C)c1ccc2c(c1)CCC(c1ccccc1)O2. The summed E-state index contributed by atoms with van der Waals surface area (Å²) >= 11 is 0. The summed E-state index contributed by atoms with van der Waals surface area (Å²) in [6, 6.07) is 17.2. The van der Waals surface area contributed by atoms with Crippen molar-refractivity contribution in [2.45, 2.75) is 45.1 Å². The molecule has 0 saturated carbocycles. The zero-order valence-corrected chi connectivity index (χ0v) is 12.5. The van der Waals surface area contributed by atoms with Crippen LogP contribution < -0.4 is 4.74 Å². The number of benzene rings is 2. The monoisotopic (exact) mass is 266 g/mol. The van der Waals surface area contributed by atoms with Gasteiger partial charge in [0.15, 0.2) is 0 Å². The molecule has 104 valence electrons. The maximum Gasteiger partial charge on any atom is 0.124 e. The molecule has 20 heavy (non-hydrogen) atoms. The molecular formula is C19H22O. The van der Waals surface area contributed by atoms with Crippen LogP contribution >= 0.6 is 0 Å². The summed E-state index contributed by atoms with van der Waals surface area (Å²) in [6.07, 6.45) is 2.35. The van der Waals surface area contributed by atoms with Gasteiger partial charge < -0.3 is 4.74 Å². The Morgan fingerprint density at radius 1 is 1.00 bits per heavy atom. The largest absolute Gasteiger partial charge is 0.485 e. The molecule has 0 saturated heterocycles. The Kier molecular flexibility index (Phi) is 3.29. The standard InChI is InChI=1S/C19H22O/c1-19(2,3)16-10-12-18-15(13-16)9-11-17(20-18)14-7-5-4-6-8-14/h4-8,10,12-13,17H,9,11H2,1-3H3. The molecule has 0 aromatic heterocycles. The first-order valence-electron chi connectivity index (χ1n) is 7.39. The quantitative estimate of drug-likeness (QED) is 0.701. The third-order valence-electron chi connectivity index (χ3n) is 4.04. The van der Waals surface area contributed by atoms with E-state index in [2.05, 4.69) is 69.3 Å². The van der Waals surface area contributed by atoms with E-state index in [4.69, 9.17) is 4.74 Å². The third-order valence-corrected chi connectivity index (χ3v) is 4.04. The van der Waals surface area contributed by atoms with Crippen LogP contribution in [0.3, 0.4) is 0 Å². The molecule has 2 aromatic rings. The molecule has 1 unspecified atom stereocenters. The minimum atomic E-state index is 0.198. The predicted octanol–water partition coefficient (Wildman–Crippen LogP) is 5.05. The van der Waals surface area contributed by atoms with Crippen molar-refractivity contribution in [3.63, 3.8) is 0 Å². The molecule has 1 aliphatic rings. The number of hydrogen-bond donors (Lipinski definition) is 0. The average molecular weight is 266 g/mol. The van der Waals surface area contributed by atoms with Crippen molar-refractivity contribution in [1.82, 2.24) is 0 Å². The smallest absolute Gasteiger partial charge is 0.124 e. The molecule has 1 aliphatic heterocycles. The van der Waals surface area contributed by atoms with Gasteiger partial charge in [0.2, 0.25) is 0 Å². The van der Waals surface area contributed by atoms with Gasteiger partial charge >= 0.3 is 0 Å². The molecule has 2 aromatic carbocycles. The van der Waals surface area contributed by atoms with Gasteiger partial charge in [-0.3, -0.25) is 0 Å². The van der Waals surface area contributed by atoms with E-state index in [9.17, 15) is 0 Å². The van der Waals surface area contributed by atoms with Gasteiger partial charge in [0, 0.05) is 0 Å². The number of fused-ring (bicyclic) bond motifs is 1. The topological polar surface area (TPSA) is 9.23 Å². The lowest BCUT2D eigenvalue weighted by Crippen LogP contribution is -2.17. The lowest BCUT2D eigenvalue weighted by molar-refractivity contribution is 0.176. The number of ether oxygens (including phenoxy) is 1. The van der Waals surface area contributed by atoms with Gasteiger partial charge in [-0.2, -0.15) is 0 Å². The van der Waals surface area contributed by atoms with Crippen LogP contribution in [0.2, 0.25) is 0 Å². The van der Waals surface area contributed by atoms with Gasteiger partial charge in [0.1, 0.15) is 11.9 Å². The molecule has 1 heteroatoms. The van der Waals surface area contributed by atoms with Crippen molar-refractivity contribution in [2.24, 2.45) is 0 Å². The fourth-order valence-corrected chi connectivity index (χ4v) is 2.76. The van der Waals surface area contributed by atoms with Crippen molar-refractivity contribution in [2.75, 3.05) is 0 Å². The van der Waals surface area contributed by atoms with Crippen molar-refractivity contribution < 1.29 is 4.74 Å². The molecule has 0 bridgehead atoms. The lowest BCUT2D eigenvalue weighted by Gasteiger charge is -2.28. The van der Waals surface area contributed by atoms with E-state index in [1.54, 1.807) is 0 Å². The Labute approximate surface area is 121 Å². The van der Waals surface area contributed by atoms with Gasteiger partial charge in [-0.05, 0) is 41.0 Å².